The molecule has 5 nitrogen and oxygen atoms in total. The highest BCUT2D eigenvalue weighted by atomic mass is 32.1. The predicted molar refractivity (Wildman–Crippen MR) is 55.0 cm³/mol. The van der Waals surface area contributed by atoms with E-state index in [-0.39, 0.29) is 17.2 Å². The zero-order valence-corrected chi connectivity index (χ0v) is 8.88. The highest BCUT2D eigenvalue weighted by Crippen LogP contribution is 2.34. The lowest BCUT2D eigenvalue weighted by molar-refractivity contribution is 0.0696. The maximum Gasteiger partial charge on any atom is 0.365 e. The maximum absolute atomic E-state index is 10.6. The average molecular weight is 228 g/mol. The highest BCUT2D eigenvalue weighted by Gasteiger charge is 2.41. The lowest BCUT2D eigenvalue weighted by Gasteiger charge is -2.12. The van der Waals surface area contributed by atoms with E-state index in [1.54, 1.807) is 5.38 Å². The highest BCUT2D eigenvalue weighted by molar-refractivity contribution is 7.11. The Hall–Kier alpha value is -0.980. The van der Waals surface area contributed by atoms with Gasteiger partial charge in [-0.2, -0.15) is 0 Å². The Balaban J connectivity index is 1.91. The molecular weight excluding hydrogens is 216 g/mol. The normalized spacial score (nSPS) is 17.7. The van der Waals surface area contributed by atoms with Crippen molar-refractivity contribution in [3.05, 3.63) is 16.1 Å². The van der Waals surface area contributed by atoms with Crippen molar-refractivity contribution in [2.75, 3.05) is 6.61 Å². The Morgan fingerprint density at radius 3 is 2.87 bits per heavy atom. The van der Waals surface area contributed by atoms with Gasteiger partial charge in [0.1, 0.15) is 0 Å². The van der Waals surface area contributed by atoms with Crippen molar-refractivity contribution in [2.45, 2.75) is 24.9 Å². The molecule has 1 aromatic rings. The molecule has 1 fully saturated rings. The first-order valence-electron chi connectivity index (χ1n) is 4.69. The molecule has 3 N–H and O–H groups in total. The number of nitrogens with zero attached hydrogens (tertiary/aromatic N) is 1. The second-order valence-corrected chi connectivity index (χ2v) is 4.60. The van der Waals surface area contributed by atoms with Crippen molar-refractivity contribution in [2.24, 2.45) is 0 Å². The van der Waals surface area contributed by atoms with Crippen molar-refractivity contribution in [3.8, 4) is 0 Å². The number of thiazole rings is 1. The van der Waals surface area contributed by atoms with E-state index >= 15 is 0 Å². The fourth-order valence-corrected chi connectivity index (χ4v) is 1.96. The van der Waals surface area contributed by atoms with Crippen LogP contribution in [0.4, 0.5) is 0 Å². The van der Waals surface area contributed by atoms with Crippen LogP contribution in [-0.4, -0.2) is 33.3 Å². The van der Waals surface area contributed by atoms with E-state index in [2.05, 4.69) is 10.3 Å². The molecule has 0 aromatic carbocycles. The van der Waals surface area contributed by atoms with Crippen LogP contribution in [0.15, 0.2) is 5.38 Å². The first-order chi connectivity index (χ1) is 7.15. The van der Waals surface area contributed by atoms with Gasteiger partial charge in [0.2, 0.25) is 5.01 Å². The molecule has 1 saturated carbocycles. The van der Waals surface area contributed by atoms with Crippen LogP contribution in [0.25, 0.3) is 0 Å². The van der Waals surface area contributed by atoms with Crippen molar-refractivity contribution >= 4 is 17.3 Å². The van der Waals surface area contributed by atoms with Crippen LogP contribution >= 0.6 is 11.3 Å². The third kappa shape index (κ3) is 2.34. The molecule has 0 aliphatic heterocycles. The van der Waals surface area contributed by atoms with Crippen LogP contribution in [0.2, 0.25) is 0 Å². The summed E-state index contributed by atoms with van der Waals surface area (Å²) in [5.74, 6) is -0.991. The topological polar surface area (TPSA) is 82.5 Å². The van der Waals surface area contributed by atoms with Crippen molar-refractivity contribution in [3.63, 3.8) is 0 Å². The third-order valence-corrected chi connectivity index (χ3v) is 3.41. The van der Waals surface area contributed by atoms with Gasteiger partial charge in [0, 0.05) is 17.5 Å². The first kappa shape index (κ1) is 10.5. The van der Waals surface area contributed by atoms with Gasteiger partial charge in [-0.25, -0.2) is 9.78 Å². The summed E-state index contributed by atoms with van der Waals surface area (Å²) in [6, 6.07) is 0. The van der Waals surface area contributed by atoms with Crippen molar-refractivity contribution < 1.29 is 15.0 Å². The number of rotatable bonds is 5. The van der Waals surface area contributed by atoms with E-state index in [9.17, 15) is 4.79 Å². The Morgan fingerprint density at radius 2 is 2.40 bits per heavy atom. The number of carbonyl (C=O) groups is 1. The zero-order chi connectivity index (χ0) is 10.9. The summed E-state index contributed by atoms with van der Waals surface area (Å²) in [6.45, 7) is 0.646. The van der Waals surface area contributed by atoms with E-state index in [4.69, 9.17) is 10.2 Å². The minimum absolute atomic E-state index is 0.112. The number of nitrogens with one attached hydrogen (secondary N) is 1. The average Bonchev–Trinajstić information content (AvgIpc) is 2.85. The Bertz CT molecular complexity index is 373. The van der Waals surface area contributed by atoms with Gasteiger partial charge in [-0.05, 0) is 12.8 Å². The number of hydrogen-bond donors (Lipinski definition) is 3. The molecule has 0 radical (unpaired) electrons. The van der Waals surface area contributed by atoms with Crippen LogP contribution in [0, 0.1) is 0 Å². The molecule has 2 rings (SSSR count). The molecule has 82 valence electrons. The van der Waals surface area contributed by atoms with Gasteiger partial charge in [-0.15, -0.1) is 11.3 Å². The predicted octanol–water partition coefficient (Wildman–Crippen LogP) is 0.456. The molecule has 1 aliphatic carbocycles. The lowest BCUT2D eigenvalue weighted by atomic mass is 10.3. The molecule has 0 atom stereocenters. The number of aromatic nitrogens is 1. The number of aromatic carboxylic acids is 1. The van der Waals surface area contributed by atoms with E-state index in [1.807, 2.05) is 0 Å². The van der Waals surface area contributed by atoms with Gasteiger partial charge in [-0.1, -0.05) is 0 Å². The van der Waals surface area contributed by atoms with E-state index in [0.29, 0.717) is 6.54 Å². The lowest BCUT2D eigenvalue weighted by Crippen LogP contribution is -2.34. The second-order valence-electron chi connectivity index (χ2n) is 3.74. The van der Waals surface area contributed by atoms with Crippen LogP contribution in [0.1, 0.15) is 28.3 Å². The summed E-state index contributed by atoms with van der Waals surface area (Å²) < 4.78 is 0. The quantitative estimate of drug-likeness (QED) is 0.682. The van der Waals surface area contributed by atoms with Crippen molar-refractivity contribution in [1.29, 1.82) is 0 Å². The smallest absolute Gasteiger partial charge is 0.365 e. The minimum Gasteiger partial charge on any atom is -0.476 e. The summed E-state index contributed by atoms with van der Waals surface area (Å²) in [7, 11) is 0. The van der Waals surface area contributed by atoms with Gasteiger partial charge in [-0.3, -0.25) is 0 Å². The van der Waals surface area contributed by atoms with Gasteiger partial charge in [0.05, 0.1) is 12.3 Å². The molecule has 0 spiro atoms. The van der Waals surface area contributed by atoms with Crippen LogP contribution in [0.5, 0.6) is 0 Å². The Morgan fingerprint density at radius 1 is 1.67 bits per heavy atom. The largest absolute Gasteiger partial charge is 0.476 e. The SMILES string of the molecule is O=C(O)c1nc(CNC2(CO)CC2)cs1. The Kier molecular flexibility index (Phi) is 2.72. The summed E-state index contributed by atoms with van der Waals surface area (Å²) in [5.41, 5.74) is 0.588. The van der Waals surface area contributed by atoms with Crippen LogP contribution in [-0.2, 0) is 6.54 Å². The third-order valence-electron chi connectivity index (χ3n) is 2.54. The molecule has 1 aliphatic rings. The standard InChI is InChI=1S/C9H12N2O3S/c12-5-9(1-2-9)10-3-6-4-15-7(11-6)8(13)14/h4,10,12H,1-3,5H2,(H,13,14). The number of carboxylic acids is 1. The Labute approximate surface area is 90.8 Å². The fourth-order valence-electron chi connectivity index (χ4n) is 1.31. The van der Waals surface area contributed by atoms with E-state index in [1.165, 1.54) is 0 Å². The molecule has 0 unspecified atom stereocenters. The number of carboxylic acid groups (broad SMARTS) is 1. The number of hydrogen-bond acceptors (Lipinski definition) is 5. The molecule has 0 amide bonds. The van der Waals surface area contributed by atoms with Crippen molar-refractivity contribution in [1.82, 2.24) is 10.3 Å². The number of aliphatic hydroxyl groups excluding tert-OH is 1. The monoisotopic (exact) mass is 228 g/mol. The van der Waals surface area contributed by atoms with Gasteiger partial charge >= 0.3 is 5.97 Å². The fraction of sp³-hybridized carbons (Fsp3) is 0.556. The molecule has 15 heavy (non-hydrogen) atoms. The van der Waals surface area contributed by atoms with Crippen LogP contribution in [0.3, 0.4) is 0 Å². The van der Waals surface area contributed by atoms with Gasteiger partial charge < -0.3 is 15.5 Å². The molecule has 0 bridgehead atoms. The van der Waals surface area contributed by atoms with E-state index < -0.39 is 5.97 Å². The molecule has 0 saturated heterocycles. The summed E-state index contributed by atoms with van der Waals surface area (Å²) >= 11 is 1.12. The first-order valence-corrected chi connectivity index (χ1v) is 5.57. The van der Waals surface area contributed by atoms with Gasteiger partial charge in [0.15, 0.2) is 0 Å². The second kappa shape index (κ2) is 3.88. The van der Waals surface area contributed by atoms with Gasteiger partial charge in [0.25, 0.3) is 0 Å². The molecule has 6 heteroatoms. The molecular formula is C9H12N2O3S. The minimum atomic E-state index is -0.991. The number of aliphatic hydroxyl groups is 1. The summed E-state index contributed by atoms with van der Waals surface area (Å²) in [6.07, 6.45) is 1.94. The zero-order valence-electron chi connectivity index (χ0n) is 8.06. The maximum atomic E-state index is 10.6. The molecule has 1 heterocycles. The summed E-state index contributed by atoms with van der Waals surface area (Å²) in [5, 5.41) is 22.8. The molecule has 1 aromatic heterocycles. The summed E-state index contributed by atoms with van der Waals surface area (Å²) in [4.78, 5) is 14.5. The van der Waals surface area contributed by atoms with E-state index in [0.717, 1.165) is 29.9 Å². The van der Waals surface area contributed by atoms with Crippen LogP contribution < -0.4 is 5.32 Å².